The number of carbonyl (C=O) groups is 3. The van der Waals surface area contributed by atoms with Gasteiger partial charge in [0.1, 0.15) is 6.04 Å². The van der Waals surface area contributed by atoms with Crippen molar-refractivity contribution in [2.75, 3.05) is 18.5 Å². The maximum absolute atomic E-state index is 13.7. The van der Waals surface area contributed by atoms with Gasteiger partial charge in [0, 0.05) is 5.92 Å². The molecule has 1 heterocycles. The van der Waals surface area contributed by atoms with Crippen LogP contribution in [0.2, 0.25) is 5.02 Å². The molecule has 1 aromatic rings. The van der Waals surface area contributed by atoms with Crippen LogP contribution >= 0.6 is 11.6 Å². The second kappa shape index (κ2) is 10.7. The van der Waals surface area contributed by atoms with Crippen LogP contribution in [-0.4, -0.2) is 53.1 Å². The van der Waals surface area contributed by atoms with E-state index in [1.807, 2.05) is 32.1 Å². The lowest BCUT2D eigenvalue weighted by Crippen LogP contribution is -2.49. The summed E-state index contributed by atoms with van der Waals surface area (Å²) in [6.45, 7) is 7.22. The van der Waals surface area contributed by atoms with Crippen molar-refractivity contribution in [1.29, 1.82) is 0 Å². The van der Waals surface area contributed by atoms with Crippen LogP contribution < -0.4 is 5.32 Å². The van der Waals surface area contributed by atoms with Gasteiger partial charge in [0.05, 0.1) is 41.8 Å². The number of halogens is 1. The summed E-state index contributed by atoms with van der Waals surface area (Å²) in [5.41, 5.74) is 1.28. The molecule has 1 aliphatic carbocycles. The molecule has 0 aromatic heterocycles. The Morgan fingerprint density at radius 1 is 1.27 bits per heavy atom. The van der Waals surface area contributed by atoms with Crippen LogP contribution in [0.25, 0.3) is 0 Å². The second-order valence-corrected chi connectivity index (χ2v) is 9.27. The molecule has 33 heavy (non-hydrogen) atoms. The number of nitrogens with one attached hydrogen (secondary N) is 1. The van der Waals surface area contributed by atoms with E-state index in [9.17, 15) is 19.5 Å². The highest BCUT2D eigenvalue weighted by atomic mass is 35.5. The molecule has 1 aliphatic heterocycles. The van der Waals surface area contributed by atoms with Gasteiger partial charge in [-0.3, -0.25) is 14.4 Å². The monoisotopic (exact) mass is 476 g/mol. The molecule has 0 saturated carbocycles. The Labute approximate surface area is 200 Å². The number of esters is 1. The summed E-state index contributed by atoms with van der Waals surface area (Å²) in [5, 5.41) is 13.2. The van der Waals surface area contributed by atoms with E-state index in [4.69, 9.17) is 16.3 Å². The number of benzene rings is 1. The number of nitrogens with zero attached hydrogens (tertiary/aromatic N) is 1. The summed E-state index contributed by atoms with van der Waals surface area (Å²) in [6, 6.07) is 3.85. The lowest BCUT2D eigenvalue weighted by atomic mass is 9.69. The van der Waals surface area contributed by atoms with Crippen LogP contribution in [-0.2, 0) is 19.1 Å². The molecule has 2 aliphatic rings. The third-order valence-corrected chi connectivity index (χ3v) is 7.02. The van der Waals surface area contributed by atoms with E-state index in [1.165, 1.54) is 4.90 Å². The maximum Gasteiger partial charge on any atom is 0.310 e. The number of hydrogen-bond acceptors (Lipinski definition) is 5. The summed E-state index contributed by atoms with van der Waals surface area (Å²) in [4.78, 5) is 41.7. The van der Waals surface area contributed by atoms with E-state index in [0.29, 0.717) is 10.7 Å². The summed E-state index contributed by atoms with van der Waals surface area (Å²) >= 11 is 6.32. The summed E-state index contributed by atoms with van der Waals surface area (Å²) < 4.78 is 5.35. The number of aliphatic hydroxyl groups excluding tert-OH is 1. The molecule has 6 atom stereocenters. The molecule has 2 amide bonds. The first kappa shape index (κ1) is 25.2. The van der Waals surface area contributed by atoms with Crippen LogP contribution in [0.5, 0.6) is 0 Å². The normalized spacial score (nSPS) is 27.3. The number of likely N-dealkylation sites (tertiary alicyclic amines) is 1. The lowest BCUT2D eigenvalue weighted by molar-refractivity contribution is -0.156. The van der Waals surface area contributed by atoms with Crippen molar-refractivity contribution in [2.24, 2.45) is 23.7 Å². The number of amides is 2. The van der Waals surface area contributed by atoms with Crippen LogP contribution in [0, 0.1) is 30.6 Å². The van der Waals surface area contributed by atoms with E-state index < -0.39 is 41.7 Å². The van der Waals surface area contributed by atoms with Gasteiger partial charge < -0.3 is 20.1 Å². The number of ether oxygens (including phenoxy) is 1. The zero-order chi connectivity index (χ0) is 24.3. The number of allylic oxidation sites excluding steroid dienone is 1. The summed E-state index contributed by atoms with van der Waals surface area (Å²) in [6.07, 6.45) is 5.44. The molecular weight excluding hydrogens is 444 g/mol. The van der Waals surface area contributed by atoms with Gasteiger partial charge in [-0.1, -0.05) is 49.2 Å². The van der Waals surface area contributed by atoms with E-state index in [1.54, 1.807) is 26.0 Å². The number of anilines is 1. The number of carbonyl (C=O) groups excluding carboxylic acids is 3. The Bertz CT molecular complexity index is 913. The molecule has 0 spiro atoms. The number of aryl methyl sites for hydroxylation is 1. The lowest BCUT2D eigenvalue weighted by Gasteiger charge is -2.34. The van der Waals surface area contributed by atoms with Crippen molar-refractivity contribution >= 4 is 35.1 Å². The van der Waals surface area contributed by atoms with E-state index in [0.717, 1.165) is 18.4 Å². The fraction of sp³-hybridized carbons (Fsp3) is 0.560. The predicted octanol–water partition coefficient (Wildman–Crippen LogP) is 3.58. The first-order valence-electron chi connectivity index (χ1n) is 11.6. The van der Waals surface area contributed by atoms with E-state index in [2.05, 4.69) is 5.32 Å². The third kappa shape index (κ3) is 4.80. The van der Waals surface area contributed by atoms with Crippen molar-refractivity contribution in [3.63, 3.8) is 0 Å². The zero-order valence-electron chi connectivity index (χ0n) is 19.6. The minimum atomic E-state index is -0.879. The Hall–Kier alpha value is -2.38. The maximum atomic E-state index is 13.7. The molecule has 1 saturated heterocycles. The number of para-hydroxylation sites is 1. The molecule has 0 radical (unpaired) electrons. The fourth-order valence-electron chi connectivity index (χ4n) is 5.17. The van der Waals surface area contributed by atoms with E-state index in [-0.39, 0.29) is 25.0 Å². The number of rotatable bonds is 8. The van der Waals surface area contributed by atoms with Gasteiger partial charge in [0.25, 0.3) is 0 Å². The van der Waals surface area contributed by atoms with Gasteiger partial charge in [-0.05, 0) is 44.7 Å². The molecule has 1 aromatic carbocycles. The molecule has 7 nitrogen and oxygen atoms in total. The fourth-order valence-corrected chi connectivity index (χ4v) is 5.44. The average Bonchev–Trinajstić information content (AvgIpc) is 3.08. The van der Waals surface area contributed by atoms with Gasteiger partial charge in [0.15, 0.2) is 0 Å². The van der Waals surface area contributed by atoms with Crippen LogP contribution in [0.4, 0.5) is 5.69 Å². The number of fused-ring (bicyclic) bond motifs is 1. The topological polar surface area (TPSA) is 95.9 Å². The minimum Gasteiger partial charge on any atom is -0.466 e. The molecule has 1 fully saturated rings. The van der Waals surface area contributed by atoms with Gasteiger partial charge in [0.2, 0.25) is 11.8 Å². The van der Waals surface area contributed by atoms with Crippen LogP contribution in [0.3, 0.4) is 0 Å². The SMILES string of the molecule is CCC[C@@H]1C=C[C@H]2[C@@H](C(=O)N([C@H](C)CO)[C@@H]2C(=O)Nc2c(C)cccc2Cl)[C@@H]1C(=O)OCC. The Balaban J connectivity index is 2.03. The smallest absolute Gasteiger partial charge is 0.310 e. The van der Waals surface area contributed by atoms with Crippen LogP contribution in [0.15, 0.2) is 30.4 Å². The van der Waals surface area contributed by atoms with Crippen molar-refractivity contribution in [3.05, 3.63) is 40.9 Å². The molecule has 0 unspecified atom stereocenters. The quantitative estimate of drug-likeness (QED) is 0.441. The van der Waals surface area contributed by atoms with Crippen LogP contribution in [0.1, 0.15) is 39.2 Å². The number of aliphatic hydroxyl groups is 1. The largest absolute Gasteiger partial charge is 0.466 e. The molecule has 0 bridgehead atoms. The van der Waals surface area contributed by atoms with Crippen molar-refractivity contribution in [2.45, 2.75) is 52.6 Å². The minimum absolute atomic E-state index is 0.141. The second-order valence-electron chi connectivity index (χ2n) is 8.86. The number of hydrogen-bond donors (Lipinski definition) is 2. The van der Waals surface area contributed by atoms with Crippen molar-refractivity contribution in [3.8, 4) is 0 Å². The van der Waals surface area contributed by atoms with Crippen molar-refractivity contribution in [1.82, 2.24) is 4.90 Å². The van der Waals surface area contributed by atoms with Gasteiger partial charge in [-0.25, -0.2) is 0 Å². The van der Waals surface area contributed by atoms with Crippen molar-refractivity contribution < 1.29 is 24.2 Å². The predicted molar refractivity (Wildman–Crippen MR) is 127 cm³/mol. The zero-order valence-corrected chi connectivity index (χ0v) is 20.3. The highest BCUT2D eigenvalue weighted by Crippen LogP contribution is 2.46. The Kier molecular flexibility index (Phi) is 8.19. The summed E-state index contributed by atoms with van der Waals surface area (Å²) in [7, 11) is 0. The standard InChI is InChI=1S/C25H33ClN2O5/c1-5-8-16-11-12-17-20(19(16)25(32)33-6-2)24(31)28(15(4)13-29)22(17)23(30)27-21-14(3)9-7-10-18(21)26/h7,9-12,15-17,19-20,22,29H,5-6,8,13H2,1-4H3,(H,27,30)/t15-,16-,17+,19-,20-,22+/m1/s1. The highest BCUT2D eigenvalue weighted by molar-refractivity contribution is 6.34. The van der Waals surface area contributed by atoms with Gasteiger partial charge >= 0.3 is 5.97 Å². The van der Waals surface area contributed by atoms with Gasteiger partial charge in [-0.15, -0.1) is 0 Å². The first-order chi connectivity index (χ1) is 15.8. The highest BCUT2D eigenvalue weighted by Gasteiger charge is 2.58. The molecule has 2 N–H and O–H groups in total. The van der Waals surface area contributed by atoms with Gasteiger partial charge in [-0.2, -0.15) is 0 Å². The van der Waals surface area contributed by atoms with E-state index >= 15 is 0 Å². The first-order valence-corrected chi connectivity index (χ1v) is 12.0. The molecule has 180 valence electrons. The molecule has 3 rings (SSSR count). The Morgan fingerprint density at radius 2 is 2.00 bits per heavy atom. The summed E-state index contributed by atoms with van der Waals surface area (Å²) in [5.74, 6) is -3.16. The third-order valence-electron chi connectivity index (χ3n) is 6.71. The Morgan fingerprint density at radius 3 is 2.61 bits per heavy atom. The average molecular weight is 477 g/mol. The molecular formula is C25H33ClN2O5. The molecule has 8 heteroatoms.